The van der Waals surface area contributed by atoms with Crippen molar-refractivity contribution in [2.24, 2.45) is 0 Å². The lowest BCUT2D eigenvalue weighted by Crippen LogP contribution is -2.36. The van der Waals surface area contributed by atoms with E-state index in [2.05, 4.69) is 60.3 Å². The number of rotatable bonds is 18. The molecule has 0 aliphatic heterocycles. The summed E-state index contributed by atoms with van der Waals surface area (Å²) >= 11 is 26.0. The van der Waals surface area contributed by atoms with E-state index in [1.54, 1.807) is 48.8 Å². The van der Waals surface area contributed by atoms with Gasteiger partial charge >= 0.3 is 0 Å². The number of fused-ring (bicyclic) bond motifs is 2. The number of alkyl halides is 2. The molecular weight excluding hydrogens is 1050 g/mol. The maximum atomic E-state index is 11.9. The fourth-order valence-electron chi connectivity index (χ4n) is 8.79. The highest BCUT2D eigenvalue weighted by Gasteiger charge is 2.42. The minimum absolute atomic E-state index is 0.0460. The molecule has 2 unspecified atom stereocenters. The Morgan fingerprint density at radius 1 is 0.562 bits per heavy atom. The third-order valence-electron chi connectivity index (χ3n) is 12.2. The number of aromatic nitrogens is 5. The second-order valence-electron chi connectivity index (χ2n) is 17.5. The number of hydrogen-bond acceptors (Lipinski definition) is 13. The fourth-order valence-corrected chi connectivity index (χ4v) is 10.5. The van der Waals surface area contributed by atoms with Crippen LogP contribution < -0.4 is 18.9 Å². The number of hydrogen-bond donors (Lipinski definition) is 2. The topological polar surface area (TPSA) is 223 Å². The summed E-state index contributed by atoms with van der Waals surface area (Å²) in [4.78, 5) is 22.1. The zero-order valence-corrected chi connectivity index (χ0v) is 44.1. The average Bonchev–Trinajstić information content (AvgIpc) is 3.36. The zero-order chi connectivity index (χ0) is 52.3. The van der Waals surface area contributed by atoms with Gasteiger partial charge in [-0.25, -0.2) is 41.8 Å². The lowest BCUT2D eigenvalue weighted by atomic mass is 9.61. The average molecular weight is 1100 g/mol. The standard InChI is InChI=1S/C52H43Cl4N9O6S2/c1-51(40-20-34(25-57)47(42(55)23-40)70-17-15-53,38-10-5-31(6-11-38)36-19-33-9-14-45(64-72(3,66)67)62-49(33)60-27-36)30-52(2,41-21-35(26-58)48(43(56)24-41)71-18-16-54)39-12-7-32(8-13-39)37-22-44-50(61-28-37)63-46(29-59-44)65-73(4,68)69/h5-14,19-24,27-29H,15-18,30H2,1-4H3,(H,60,62,64)(H,61,63,65). The molecule has 2 N–H and O–H groups in total. The van der Waals surface area contributed by atoms with Crippen LogP contribution in [0, 0.1) is 22.7 Å². The molecule has 8 aromatic rings. The normalized spacial score (nSPS) is 13.3. The van der Waals surface area contributed by atoms with Gasteiger partial charge in [-0.3, -0.25) is 9.44 Å². The second kappa shape index (κ2) is 21.3. The summed E-state index contributed by atoms with van der Waals surface area (Å²) in [5.41, 5.74) is 5.70. The SMILES string of the molecule is CC(CC(C)(c1ccc(-c2cnc3nc(NS(C)(=O)=O)cnc3c2)cc1)c1cc(Cl)c(OCCCl)c(C#N)c1)(c1ccc(-c2cnc3nc(NS(C)(=O)=O)ccc3c2)cc1)c1cc(Cl)c(OCCCl)c(C#N)c1. The third-order valence-corrected chi connectivity index (χ3v) is 14.2. The molecule has 8 rings (SSSR count). The number of sulfonamides is 2. The van der Waals surface area contributed by atoms with E-state index in [0.717, 1.165) is 45.9 Å². The Morgan fingerprint density at radius 3 is 1.51 bits per heavy atom. The highest BCUT2D eigenvalue weighted by Crippen LogP contribution is 2.50. The van der Waals surface area contributed by atoms with E-state index in [1.807, 2.05) is 60.7 Å². The largest absolute Gasteiger partial charge is 0.489 e. The predicted octanol–water partition coefficient (Wildman–Crippen LogP) is 11.0. The first kappa shape index (κ1) is 52.5. The molecule has 0 fully saturated rings. The van der Waals surface area contributed by atoms with Crippen LogP contribution in [0.4, 0.5) is 11.6 Å². The van der Waals surface area contributed by atoms with Crippen molar-refractivity contribution in [2.75, 3.05) is 46.9 Å². The predicted molar refractivity (Wildman–Crippen MR) is 287 cm³/mol. The molecule has 0 spiro atoms. The van der Waals surface area contributed by atoms with Gasteiger partial charge in [-0.05, 0) is 88.3 Å². The third kappa shape index (κ3) is 11.7. The van der Waals surface area contributed by atoms with Crippen molar-refractivity contribution in [3.8, 4) is 45.9 Å². The highest BCUT2D eigenvalue weighted by atomic mass is 35.5. The number of ether oxygens (including phenoxy) is 2. The van der Waals surface area contributed by atoms with E-state index in [4.69, 9.17) is 55.9 Å². The number of nitriles is 2. The summed E-state index contributed by atoms with van der Waals surface area (Å²) in [6, 6.07) is 34.5. The summed E-state index contributed by atoms with van der Waals surface area (Å²) in [5, 5.41) is 22.2. The number of anilines is 2. The Bertz CT molecular complexity index is 3500. The molecule has 0 radical (unpaired) electrons. The van der Waals surface area contributed by atoms with Crippen LogP contribution in [0.3, 0.4) is 0 Å². The van der Waals surface area contributed by atoms with Crippen LogP contribution >= 0.6 is 46.4 Å². The van der Waals surface area contributed by atoms with Gasteiger partial charge in [0.25, 0.3) is 0 Å². The van der Waals surface area contributed by atoms with E-state index in [9.17, 15) is 27.4 Å². The summed E-state index contributed by atoms with van der Waals surface area (Å²) in [7, 11) is -7.13. The Labute approximate surface area is 442 Å². The van der Waals surface area contributed by atoms with Gasteiger partial charge < -0.3 is 9.47 Å². The molecule has 73 heavy (non-hydrogen) atoms. The molecule has 372 valence electrons. The minimum Gasteiger partial charge on any atom is -0.489 e. The molecule has 0 saturated carbocycles. The van der Waals surface area contributed by atoms with Crippen molar-refractivity contribution in [2.45, 2.75) is 31.1 Å². The summed E-state index contributed by atoms with van der Waals surface area (Å²) in [6.45, 7) is 4.38. The van der Waals surface area contributed by atoms with Crippen LogP contribution in [0.5, 0.6) is 11.5 Å². The smallest absolute Gasteiger partial charge is 0.231 e. The first-order chi connectivity index (χ1) is 34.7. The zero-order valence-electron chi connectivity index (χ0n) is 39.4. The van der Waals surface area contributed by atoms with Gasteiger partial charge in [0.1, 0.15) is 36.7 Å². The summed E-state index contributed by atoms with van der Waals surface area (Å²) < 4.78 is 63.8. The van der Waals surface area contributed by atoms with E-state index in [0.29, 0.717) is 34.1 Å². The molecule has 0 bridgehead atoms. The molecule has 15 nitrogen and oxygen atoms in total. The molecule has 4 aromatic heterocycles. The summed E-state index contributed by atoms with van der Waals surface area (Å²) in [5.74, 6) is 0.967. The number of halogens is 4. The van der Waals surface area contributed by atoms with Crippen molar-refractivity contribution in [3.63, 3.8) is 0 Å². The van der Waals surface area contributed by atoms with Crippen molar-refractivity contribution >= 4 is 100 Å². The molecule has 4 aromatic carbocycles. The van der Waals surface area contributed by atoms with Crippen molar-refractivity contribution in [1.82, 2.24) is 24.9 Å². The van der Waals surface area contributed by atoms with Crippen molar-refractivity contribution in [3.05, 3.63) is 159 Å². The Morgan fingerprint density at radius 2 is 1.03 bits per heavy atom. The van der Waals surface area contributed by atoms with Gasteiger partial charge in [0.2, 0.25) is 20.0 Å². The van der Waals surface area contributed by atoms with Crippen molar-refractivity contribution < 1.29 is 26.3 Å². The Hall–Kier alpha value is -6.83. The minimum atomic E-state index is -3.58. The molecule has 2 atom stereocenters. The van der Waals surface area contributed by atoms with E-state index in [-0.39, 0.29) is 74.9 Å². The number of benzene rings is 4. The first-order valence-electron chi connectivity index (χ1n) is 22.2. The molecule has 4 heterocycles. The lowest BCUT2D eigenvalue weighted by Gasteiger charge is -2.42. The van der Waals surface area contributed by atoms with Crippen molar-refractivity contribution in [1.29, 1.82) is 10.5 Å². The van der Waals surface area contributed by atoms with Gasteiger partial charge in [0.15, 0.2) is 28.6 Å². The molecule has 0 aliphatic rings. The van der Waals surface area contributed by atoms with Gasteiger partial charge in [-0.2, -0.15) is 10.5 Å². The number of nitrogens with zero attached hydrogens (tertiary/aromatic N) is 7. The van der Waals surface area contributed by atoms with Crippen LogP contribution in [0.15, 0.2) is 116 Å². The van der Waals surface area contributed by atoms with E-state index >= 15 is 0 Å². The molecule has 21 heteroatoms. The number of pyridine rings is 3. The Kier molecular flexibility index (Phi) is 15.3. The lowest BCUT2D eigenvalue weighted by molar-refractivity contribution is 0.340. The monoisotopic (exact) mass is 1090 g/mol. The molecule has 0 aliphatic carbocycles. The van der Waals surface area contributed by atoms with Crippen LogP contribution in [-0.4, -0.2) is 79.2 Å². The molecule has 0 amide bonds. The second-order valence-corrected chi connectivity index (χ2v) is 22.6. The van der Waals surface area contributed by atoms with Gasteiger partial charge in [-0.15, -0.1) is 23.2 Å². The quantitative estimate of drug-likeness (QED) is 0.0764. The maximum absolute atomic E-state index is 11.9. The van der Waals surface area contributed by atoms with Crippen LogP contribution in [0.25, 0.3) is 44.5 Å². The van der Waals surface area contributed by atoms with Gasteiger partial charge in [0, 0.05) is 39.7 Å². The molecule has 0 saturated heterocycles. The maximum Gasteiger partial charge on any atom is 0.231 e. The van der Waals surface area contributed by atoms with Crippen LogP contribution in [0.2, 0.25) is 10.0 Å². The van der Waals surface area contributed by atoms with E-state index < -0.39 is 30.9 Å². The van der Waals surface area contributed by atoms with Crippen LogP contribution in [0.1, 0.15) is 53.6 Å². The van der Waals surface area contributed by atoms with Gasteiger partial charge in [0.05, 0.1) is 51.6 Å². The Balaban J connectivity index is 1.27. The first-order valence-corrected chi connectivity index (χ1v) is 27.8. The molecular formula is C52H43Cl4N9O6S2. The van der Waals surface area contributed by atoms with Gasteiger partial charge in [-0.1, -0.05) is 85.6 Å². The fraction of sp³-hybridized carbons (Fsp3) is 0.212. The number of nitrogens with one attached hydrogen (secondary N) is 2. The van der Waals surface area contributed by atoms with E-state index in [1.165, 1.54) is 6.20 Å². The summed E-state index contributed by atoms with van der Waals surface area (Å²) in [6.07, 6.45) is 7.00. The highest BCUT2D eigenvalue weighted by molar-refractivity contribution is 7.92. The van der Waals surface area contributed by atoms with Crippen LogP contribution in [-0.2, 0) is 30.9 Å².